The fourth-order valence-electron chi connectivity index (χ4n) is 4.70. The van der Waals surface area contributed by atoms with Crippen LogP contribution in [0.5, 0.6) is 0 Å². The number of rotatable bonds is 8. The van der Waals surface area contributed by atoms with Gasteiger partial charge in [0.2, 0.25) is 0 Å². The number of nitrogens with zero attached hydrogens (tertiary/aromatic N) is 4. The fourth-order valence-corrected chi connectivity index (χ4v) is 4.70. The zero-order chi connectivity index (χ0) is 21.8. The second-order valence-corrected chi connectivity index (χ2v) is 8.18. The quantitative estimate of drug-likeness (QED) is 0.538. The van der Waals surface area contributed by atoms with Crippen molar-refractivity contribution in [2.24, 2.45) is 5.73 Å². The van der Waals surface area contributed by atoms with E-state index in [4.69, 9.17) is 21.2 Å². The molecule has 2 aromatic heterocycles. The first-order valence-corrected chi connectivity index (χ1v) is 11.3. The number of hydrogen-bond acceptors (Lipinski definition) is 5. The minimum Gasteiger partial charge on any atom is -0.382 e. The number of nitrogen functional groups attached to an aromatic ring is 1. The van der Waals surface area contributed by atoms with Crippen molar-refractivity contribution in [3.8, 4) is 0 Å². The van der Waals surface area contributed by atoms with E-state index in [1.807, 2.05) is 18.2 Å². The molecule has 8 heteroatoms. The Kier molecular flexibility index (Phi) is 6.56. The van der Waals surface area contributed by atoms with Gasteiger partial charge in [-0.25, -0.2) is 14.8 Å². The summed E-state index contributed by atoms with van der Waals surface area (Å²) in [5.41, 5.74) is 14.4. The molecule has 0 unspecified atom stereocenters. The van der Waals surface area contributed by atoms with E-state index < -0.39 is 0 Å². The Morgan fingerprint density at radius 2 is 1.97 bits per heavy atom. The molecule has 2 amide bonds. The summed E-state index contributed by atoms with van der Waals surface area (Å²) in [6, 6.07) is 7.89. The van der Waals surface area contributed by atoms with Crippen LogP contribution in [0, 0.1) is 0 Å². The molecule has 31 heavy (non-hydrogen) atoms. The average molecular weight is 425 g/mol. The van der Waals surface area contributed by atoms with Crippen LogP contribution in [0.1, 0.15) is 44.9 Å². The number of fused-ring (bicyclic) bond motifs is 3. The largest absolute Gasteiger partial charge is 0.382 e. The van der Waals surface area contributed by atoms with E-state index in [9.17, 15) is 4.79 Å². The van der Waals surface area contributed by atoms with Crippen LogP contribution in [-0.2, 0) is 17.7 Å². The van der Waals surface area contributed by atoms with E-state index >= 15 is 0 Å². The van der Waals surface area contributed by atoms with Crippen LogP contribution in [-0.4, -0.2) is 51.3 Å². The molecule has 166 valence electrons. The molecular formula is C23H32N6O2. The van der Waals surface area contributed by atoms with Crippen molar-refractivity contribution in [1.82, 2.24) is 19.4 Å². The number of para-hydroxylation sites is 1. The van der Waals surface area contributed by atoms with Crippen LogP contribution in [0.2, 0.25) is 0 Å². The molecule has 0 spiro atoms. The van der Waals surface area contributed by atoms with Crippen LogP contribution in [0.25, 0.3) is 21.9 Å². The van der Waals surface area contributed by atoms with Gasteiger partial charge in [0.15, 0.2) is 5.82 Å². The van der Waals surface area contributed by atoms with E-state index in [0.29, 0.717) is 32.1 Å². The Balaban J connectivity index is 1.45. The lowest BCUT2D eigenvalue weighted by Gasteiger charge is -2.33. The molecular weight excluding hydrogens is 392 g/mol. The topological polar surface area (TPSA) is 112 Å². The monoisotopic (exact) mass is 424 g/mol. The third-order valence-electron chi connectivity index (χ3n) is 6.24. The van der Waals surface area contributed by atoms with E-state index in [0.717, 1.165) is 59.9 Å². The summed E-state index contributed by atoms with van der Waals surface area (Å²) in [6.45, 7) is 4.27. The van der Waals surface area contributed by atoms with Gasteiger partial charge < -0.3 is 25.7 Å². The number of imidazole rings is 1. The van der Waals surface area contributed by atoms with E-state index in [2.05, 4.69) is 22.5 Å². The zero-order valence-electron chi connectivity index (χ0n) is 18.2. The van der Waals surface area contributed by atoms with Gasteiger partial charge in [-0.05, 0) is 18.9 Å². The van der Waals surface area contributed by atoms with Crippen molar-refractivity contribution in [2.45, 2.75) is 58.0 Å². The van der Waals surface area contributed by atoms with Gasteiger partial charge in [0, 0.05) is 30.9 Å². The number of urea groups is 1. The van der Waals surface area contributed by atoms with Crippen LogP contribution >= 0.6 is 0 Å². The second-order valence-electron chi connectivity index (χ2n) is 8.18. The van der Waals surface area contributed by atoms with Gasteiger partial charge in [-0.3, -0.25) is 0 Å². The normalized spacial score (nSPS) is 15.0. The predicted molar refractivity (Wildman–Crippen MR) is 123 cm³/mol. The van der Waals surface area contributed by atoms with Gasteiger partial charge in [0.05, 0.1) is 24.2 Å². The molecule has 4 rings (SSSR count). The highest BCUT2D eigenvalue weighted by Gasteiger charge is 2.23. The van der Waals surface area contributed by atoms with Crippen molar-refractivity contribution < 1.29 is 9.53 Å². The molecule has 1 fully saturated rings. The zero-order valence-corrected chi connectivity index (χ0v) is 18.2. The lowest BCUT2D eigenvalue weighted by atomic mass is 9.94. The van der Waals surface area contributed by atoms with Crippen LogP contribution in [0.4, 0.5) is 10.6 Å². The Morgan fingerprint density at radius 3 is 2.71 bits per heavy atom. The maximum atomic E-state index is 11.9. The van der Waals surface area contributed by atoms with Gasteiger partial charge in [-0.1, -0.05) is 44.4 Å². The summed E-state index contributed by atoms with van der Waals surface area (Å²) >= 11 is 0. The molecule has 1 saturated carbocycles. The predicted octanol–water partition coefficient (Wildman–Crippen LogP) is 3.46. The van der Waals surface area contributed by atoms with Gasteiger partial charge in [-0.15, -0.1) is 0 Å². The van der Waals surface area contributed by atoms with Crippen molar-refractivity contribution in [3.63, 3.8) is 0 Å². The second kappa shape index (κ2) is 9.51. The average Bonchev–Trinajstić information content (AvgIpc) is 3.16. The van der Waals surface area contributed by atoms with Crippen molar-refractivity contribution in [2.75, 3.05) is 25.5 Å². The molecule has 0 radical (unpaired) electrons. The highest BCUT2D eigenvalue weighted by atomic mass is 16.5. The number of benzene rings is 1. The number of anilines is 1. The molecule has 0 aliphatic heterocycles. The maximum Gasteiger partial charge on any atom is 0.315 e. The van der Waals surface area contributed by atoms with Crippen molar-refractivity contribution in [1.29, 1.82) is 0 Å². The van der Waals surface area contributed by atoms with E-state index in [-0.39, 0.29) is 12.1 Å². The lowest BCUT2D eigenvalue weighted by molar-refractivity contribution is 0.0877. The lowest BCUT2D eigenvalue weighted by Crippen LogP contribution is -2.46. The molecule has 2 heterocycles. The first-order valence-electron chi connectivity index (χ1n) is 11.3. The summed E-state index contributed by atoms with van der Waals surface area (Å²) in [4.78, 5) is 22.9. The Morgan fingerprint density at radius 1 is 1.19 bits per heavy atom. The number of hydrogen-bond donors (Lipinski definition) is 2. The van der Waals surface area contributed by atoms with Crippen LogP contribution in [0.15, 0.2) is 24.3 Å². The third kappa shape index (κ3) is 4.44. The number of nitrogens with two attached hydrogens (primary N) is 2. The summed E-state index contributed by atoms with van der Waals surface area (Å²) in [5.74, 6) is 1.41. The molecule has 1 aliphatic rings. The number of amides is 2. The minimum atomic E-state index is -0.348. The molecule has 1 aliphatic carbocycles. The number of aromatic nitrogens is 3. The number of carbonyl (C=O) groups excluding carboxylic acids is 1. The number of aryl methyl sites for hydroxylation is 1. The molecule has 0 atom stereocenters. The molecule has 3 aromatic rings. The van der Waals surface area contributed by atoms with Crippen molar-refractivity contribution in [3.05, 3.63) is 30.1 Å². The Labute approximate surface area is 182 Å². The molecule has 0 saturated heterocycles. The highest BCUT2D eigenvalue weighted by molar-refractivity contribution is 6.06. The number of primary amides is 1. The molecule has 1 aromatic carbocycles. The molecule has 0 bridgehead atoms. The number of carbonyl (C=O) groups is 1. The first-order chi connectivity index (χ1) is 15.1. The first kappa shape index (κ1) is 21.4. The summed E-state index contributed by atoms with van der Waals surface area (Å²) in [7, 11) is 0. The summed E-state index contributed by atoms with van der Waals surface area (Å²) < 4.78 is 8.11. The van der Waals surface area contributed by atoms with Gasteiger partial charge >= 0.3 is 6.03 Å². The van der Waals surface area contributed by atoms with Gasteiger partial charge in [-0.2, -0.15) is 0 Å². The Bertz CT molecular complexity index is 1060. The Hall–Kier alpha value is -2.87. The van der Waals surface area contributed by atoms with Crippen LogP contribution in [0.3, 0.4) is 0 Å². The number of ether oxygens (including phenoxy) is 1. The summed E-state index contributed by atoms with van der Waals surface area (Å²) in [5, 5.41) is 1.04. The van der Waals surface area contributed by atoms with Gasteiger partial charge in [0.25, 0.3) is 0 Å². The van der Waals surface area contributed by atoms with E-state index in [1.165, 1.54) is 6.42 Å². The summed E-state index contributed by atoms with van der Waals surface area (Å²) in [6.07, 6.45) is 6.43. The molecule has 8 nitrogen and oxygen atoms in total. The smallest absolute Gasteiger partial charge is 0.315 e. The van der Waals surface area contributed by atoms with Gasteiger partial charge in [0.1, 0.15) is 11.3 Å². The maximum absolute atomic E-state index is 11.9. The highest BCUT2D eigenvalue weighted by Crippen LogP contribution is 2.29. The fraction of sp³-hybridized carbons (Fsp3) is 0.522. The van der Waals surface area contributed by atoms with Crippen LogP contribution < -0.4 is 11.5 Å². The van der Waals surface area contributed by atoms with E-state index in [1.54, 1.807) is 4.90 Å². The standard InChI is InChI=1S/C23H32N6O2/c1-2-19-27-20-21(17-10-6-7-11-18(17)26-22(20)24)29(19)13-15-31-14-12-28(23(25)30)16-8-4-3-5-9-16/h6-7,10-11,16H,2-5,8-9,12-15H2,1H3,(H2,24,26)(H2,25,30). The SMILES string of the molecule is CCc1nc2c(N)nc3ccccc3c2n1CCOCCN(C(N)=O)C1CCCCC1. The minimum absolute atomic E-state index is 0.251. The van der Waals surface area contributed by atoms with Crippen molar-refractivity contribution >= 4 is 33.8 Å². The number of pyridine rings is 1. The third-order valence-corrected chi connectivity index (χ3v) is 6.24. The molecule has 4 N–H and O–H groups in total.